The minimum absolute atomic E-state index is 0.0656. The van der Waals surface area contributed by atoms with Gasteiger partial charge in [-0.1, -0.05) is 6.07 Å². The molecule has 0 saturated carbocycles. The highest BCUT2D eigenvalue weighted by atomic mass is 16.5. The van der Waals surface area contributed by atoms with E-state index >= 15 is 0 Å². The molecule has 1 unspecified atom stereocenters. The zero-order valence-electron chi connectivity index (χ0n) is 14.5. The number of aryl methyl sites for hydroxylation is 1. The third kappa shape index (κ3) is 2.55. The topological polar surface area (TPSA) is 62.9 Å². The lowest BCUT2D eigenvalue weighted by molar-refractivity contribution is 0.324. The summed E-state index contributed by atoms with van der Waals surface area (Å²) in [5.74, 6) is 2.73. The maximum Gasteiger partial charge on any atom is 0.203 e. The van der Waals surface area contributed by atoms with Crippen LogP contribution in [0.1, 0.15) is 23.6 Å². The van der Waals surface area contributed by atoms with E-state index in [1.165, 1.54) is 0 Å². The third-order valence-electron chi connectivity index (χ3n) is 4.56. The van der Waals surface area contributed by atoms with Crippen molar-refractivity contribution in [2.75, 3.05) is 28.4 Å². The molecule has 0 radical (unpaired) electrons. The van der Waals surface area contributed by atoms with Gasteiger partial charge in [-0.25, -0.2) is 0 Å². The fourth-order valence-electron chi connectivity index (χ4n) is 3.37. The molecular formula is C19H23NO4. The second-order valence-corrected chi connectivity index (χ2v) is 5.78. The molecule has 2 aromatic rings. The molecule has 3 rings (SSSR count). The van der Waals surface area contributed by atoms with Gasteiger partial charge < -0.3 is 24.7 Å². The Bertz CT molecular complexity index is 758. The first-order valence-electron chi connectivity index (χ1n) is 7.90. The van der Waals surface area contributed by atoms with E-state index < -0.39 is 0 Å². The third-order valence-corrected chi connectivity index (χ3v) is 4.56. The van der Waals surface area contributed by atoms with Crippen molar-refractivity contribution in [2.24, 2.45) is 5.73 Å². The smallest absolute Gasteiger partial charge is 0.203 e. The fourth-order valence-corrected chi connectivity index (χ4v) is 3.37. The molecule has 0 aliphatic heterocycles. The Morgan fingerprint density at radius 2 is 1.67 bits per heavy atom. The van der Waals surface area contributed by atoms with Crippen molar-refractivity contribution in [3.8, 4) is 34.1 Å². The first-order valence-corrected chi connectivity index (χ1v) is 7.90. The summed E-state index contributed by atoms with van der Waals surface area (Å²) < 4.78 is 22.1. The lowest BCUT2D eigenvalue weighted by Gasteiger charge is -2.20. The van der Waals surface area contributed by atoms with Crippen molar-refractivity contribution >= 4 is 0 Å². The molecule has 0 amide bonds. The molecule has 0 heterocycles. The summed E-state index contributed by atoms with van der Waals surface area (Å²) >= 11 is 0. The number of hydrogen-bond donors (Lipinski definition) is 1. The molecule has 0 aromatic heterocycles. The van der Waals surface area contributed by atoms with Crippen LogP contribution in [-0.2, 0) is 6.42 Å². The normalized spacial score (nSPS) is 15.8. The van der Waals surface area contributed by atoms with E-state index in [1.807, 2.05) is 24.3 Å². The van der Waals surface area contributed by atoms with Gasteiger partial charge in [0.1, 0.15) is 5.75 Å². The van der Waals surface area contributed by atoms with Gasteiger partial charge in [0.25, 0.3) is 0 Å². The zero-order valence-corrected chi connectivity index (χ0v) is 14.5. The van der Waals surface area contributed by atoms with Crippen molar-refractivity contribution in [3.05, 3.63) is 35.4 Å². The number of ether oxygens (including phenoxy) is 4. The quantitative estimate of drug-likeness (QED) is 0.932. The first-order chi connectivity index (χ1) is 11.6. The molecular weight excluding hydrogens is 306 g/mol. The molecule has 2 aromatic carbocycles. The summed E-state index contributed by atoms with van der Waals surface area (Å²) in [6.07, 6.45) is 1.68. The number of hydrogen-bond acceptors (Lipinski definition) is 5. The summed E-state index contributed by atoms with van der Waals surface area (Å²) in [4.78, 5) is 0. The number of rotatable bonds is 4. The van der Waals surface area contributed by atoms with E-state index in [9.17, 15) is 0 Å². The van der Waals surface area contributed by atoms with Crippen LogP contribution >= 0.6 is 0 Å². The van der Waals surface area contributed by atoms with Crippen molar-refractivity contribution in [2.45, 2.75) is 18.9 Å². The number of benzene rings is 2. The predicted molar refractivity (Wildman–Crippen MR) is 93.3 cm³/mol. The van der Waals surface area contributed by atoms with E-state index in [-0.39, 0.29) is 6.04 Å². The van der Waals surface area contributed by atoms with Gasteiger partial charge in [-0.05, 0) is 47.7 Å². The van der Waals surface area contributed by atoms with Crippen LogP contribution in [0.15, 0.2) is 24.3 Å². The average molecular weight is 329 g/mol. The van der Waals surface area contributed by atoms with Gasteiger partial charge in [0.15, 0.2) is 11.5 Å². The van der Waals surface area contributed by atoms with Gasteiger partial charge in [0, 0.05) is 11.6 Å². The monoisotopic (exact) mass is 329 g/mol. The molecule has 1 aliphatic carbocycles. The van der Waals surface area contributed by atoms with Crippen LogP contribution in [0.4, 0.5) is 0 Å². The summed E-state index contributed by atoms with van der Waals surface area (Å²) in [5.41, 5.74) is 10.7. The fraction of sp³-hybridized carbons (Fsp3) is 0.368. The molecule has 5 heteroatoms. The number of methoxy groups -OCH3 is 4. The minimum atomic E-state index is -0.0656. The van der Waals surface area contributed by atoms with Gasteiger partial charge in [-0.3, -0.25) is 0 Å². The van der Waals surface area contributed by atoms with Crippen LogP contribution in [0.5, 0.6) is 23.0 Å². The molecule has 1 atom stereocenters. The second kappa shape index (κ2) is 6.61. The molecule has 0 saturated heterocycles. The number of fused-ring (bicyclic) bond motifs is 3. The van der Waals surface area contributed by atoms with Gasteiger partial charge in [0.2, 0.25) is 5.75 Å². The Hall–Kier alpha value is -2.40. The van der Waals surface area contributed by atoms with Crippen LogP contribution in [0, 0.1) is 0 Å². The van der Waals surface area contributed by atoms with Crippen molar-refractivity contribution in [1.82, 2.24) is 0 Å². The summed E-state index contributed by atoms with van der Waals surface area (Å²) in [6.45, 7) is 0. The maximum absolute atomic E-state index is 6.42. The standard InChI is InChI=1S/C19H23NO4/c1-21-12-6-7-13-14(10-12)15(20)8-5-11-9-16(22-2)18(23-3)19(24-4)17(11)13/h6-7,9-10,15H,5,8,20H2,1-4H3. The molecule has 1 aliphatic rings. The van der Waals surface area contributed by atoms with Crippen LogP contribution in [0.3, 0.4) is 0 Å². The minimum Gasteiger partial charge on any atom is -0.497 e. The largest absolute Gasteiger partial charge is 0.497 e. The van der Waals surface area contributed by atoms with E-state index in [1.54, 1.807) is 28.4 Å². The van der Waals surface area contributed by atoms with E-state index in [0.29, 0.717) is 17.2 Å². The zero-order chi connectivity index (χ0) is 17.3. The Morgan fingerprint density at radius 1 is 0.917 bits per heavy atom. The molecule has 0 spiro atoms. The molecule has 0 fully saturated rings. The number of nitrogens with two attached hydrogens (primary N) is 1. The Balaban J connectivity index is 2.34. The summed E-state index contributed by atoms with van der Waals surface area (Å²) in [7, 11) is 6.55. The molecule has 5 nitrogen and oxygen atoms in total. The first kappa shape index (κ1) is 16.5. The highest BCUT2D eigenvalue weighted by molar-refractivity contribution is 5.83. The van der Waals surface area contributed by atoms with Crippen molar-refractivity contribution in [1.29, 1.82) is 0 Å². The SMILES string of the molecule is COc1ccc2c(c1)C(N)CCc1cc(OC)c(OC)c(OC)c1-2. The summed E-state index contributed by atoms with van der Waals surface area (Å²) in [6, 6.07) is 7.93. The Kier molecular flexibility index (Phi) is 4.53. The van der Waals surface area contributed by atoms with Crippen LogP contribution in [0.2, 0.25) is 0 Å². The molecule has 128 valence electrons. The van der Waals surface area contributed by atoms with E-state index in [2.05, 4.69) is 0 Å². The van der Waals surface area contributed by atoms with Gasteiger partial charge in [-0.2, -0.15) is 0 Å². The molecule has 2 N–H and O–H groups in total. The highest BCUT2D eigenvalue weighted by Crippen LogP contribution is 2.50. The lowest BCUT2D eigenvalue weighted by atomic mass is 9.94. The van der Waals surface area contributed by atoms with Crippen molar-refractivity contribution < 1.29 is 18.9 Å². The maximum atomic E-state index is 6.42. The Labute approximate surface area is 142 Å². The van der Waals surface area contributed by atoms with E-state index in [0.717, 1.165) is 40.8 Å². The lowest BCUT2D eigenvalue weighted by Crippen LogP contribution is -2.10. The van der Waals surface area contributed by atoms with Crippen LogP contribution < -0.4 is 24.7 Å². The van der Waals surface area contributed by atoms with Gasteiger partial charge in [0.05, 0.1) is 28.4 Å². The van der Waals surface area contributed by atoms with Gasteiger partial charge >= 0.3 is 0 Å². The molecule has 24 heavy (non-hydrogen) atoms. The van der Waals surface area contributed by atoms with Crippen LogP contribution in [0.25, 0.3) is 11.1 Å². The average Bonchev–Trinajstić information content (AvgIpc) is 2.76. The Morgan fingerprint density at radius 3 is 2.29 bits per heavy atom. The summed E-state index contributed by atoms with van der Waals surface area (Å²) in [5, 5.41) is 0. The second-order valence-electron chi connectivity index (χ2n) is 5.78. The van der Waals surface area contributed by atoms with Crippen molar-refractivity contribution in [3.63, 3.8) is 0 Å². The van der Waals surface area contributed by atoms with Gasteiger partial charge in [-0.15, -0.1) is 0 Å². The van der Waals surface area contributed by atoms with Crippen LogP contribution in [-0.4, -0.2) is 28.4 Å². The highest BCUT2D eigenvalue weighted by Gasteiger charge is 2.27. The molecule has 0 bridgehead atoms. The predicted octanol–water partition coefficient (Wildman–Crippen LogP) is 3.33. The van der Waals surface area contributed by atoms with E-state index in [4.69, 9.17) is 24.7 Å².